The Bertz CT molecular complexity index is 972. The molecule has 0 aromatic heterocycles. The van der Waals surface area contributed by atoms with Crippen molar-refractivity contribution in [3.05, 3.63) is 76.1 Å². The van der Waals surface area contributed by atoms with Gasteiger partial charge in [0, 0.05) is 16.7 Å². The van der Waals surface area contributed by atoms with E-state index in [4.69, 9.17) is 17.0 Å². The van der Waals surface area contributed by atoms with Crippen LogP contribution in [0.15, 0.2) is 70.6 Å². The Hall–Kier alpha value is -2.42. The Morgan fingerprint density at radius 2 is 1.90 bits per heavy atom. The van der Waals surface area contributed by atoms with Crippen LogP contribution in [0.3, 0.4) is 0 Å². The van der Waals surface area contributed by atoms with Crippen LogP contribution in [-0.4, -0.2) is 34.2 Å². The zero-order valence-corrected chi connectivity index (χ0v) is 18.5. The summed E-state index contributed by atoms with van der Waals surface area (Å²) in [6.45, 7) is 3.94. The predicted octanol–water partition coefficient (Wildman–Crippen LogP) is 4.85. The standard InChI is InChI=1S/C21H17BrN2O3S2/c1-2-11-24-20(26)18(29-21(24)28)12-14-3-9-17(10-4-14)27-13-19(25)23-16-7-5-15(22)6-8-16/h2-10,12H,1,11,13H2,(H,23,25)/b18-12-. The van der Waals surface area contributed by atoms with Gasteiger partial charge >= 0.3 is 0 Å². The molecule has 148 valence electrons. The van der Waals surface area contributed by atoms with E-state index in [1.54, 1.807) is 36.4 Å². The smallest absolute Gasteiger partial charge is 0.266 e. The number of carbonyl (C=O) groups is 2. The number of benzene rings is 2. The summed E-state index contributed by atoms with van der Waals surface area (Å²) in [6, 6.07) is 14.4. The van der Waals surface area contributed by atoms with Gasteiger partial charge < -0.3 is 10.1 Å². The fourth-order valence-corrected chi connectivity index (χ4v) is 4.02. The predicted molar refractivity (Wildman–Crippen MR) is 125 cm³/mol. The molecule has 1 saturated heterocycles. The SMILES string of the molecule is C=CCN1C(=O)/C(=C/c2ccc(OCC(=O)Nc3ccc(Br)cc3)cc2)SC1=S. The minimum absolute atomic E-state index is 0.102. The van der Waals surface area contributed by atoms with Gasteiger partial charge in [0.1, 0.15) is 10.1 Å². The molecule has 0 saturated carbocycles. The Kier molecular flexibility index (Phi) is 7.24. The van der Waals surface area contributed by atoms with Crippen molar-refractivity contribution in [3.63, 3.8) is 0 Å². The molecule has 2 aromatic rings. The van der Waals surface area contributed by atoms with Gasteiger partial charge in [0.05, 0.1) is 4.91 Å². The molecule has 1 aliphatic heterocycles. The van der Waals surface area contributed by atoms with Crippen LogP contribution in [-0.2, 0) is 9.59 Å². The first-order valence-corrected chi connectivity index (χ1v) is 10.6. The molecule has 8 heteroatoms. The van der Waals surface area contributed by atoms with Gasteiger partial charge in [-0.15, -0.1) is 6.58 Å². The van der Waals surface area contributed by atoms with Crippen molar-refractivity contribution >= 4 is 67.8 Å². The van der Waals surface area contributed by atoms with Crippen molar-refractivity contribution in [2.45, 2.75) is 0 Å². The lowest BCUT2D eigenvalue weighted by Crippen LogP contribution is -2.27. The molecular weight excluding hydrogens is 472 g/mol. The van der Waals surface area contributed by atoms with Crippen molar-refractivity contribution in [1.82, 2.24) is 4.90 Å². The van der Waals surface area contributed by atoms with Crippen molar-refractivity contribution in [1.29, 1.82) is 0 Å². The quantitative estimate of drug-likeness (QED) is 0.342. The van der Waals surface area contributed by atoms with Crippen LogP contribution in [0.25, 0.3) is 6.08 Å². The van der Waals surface area contributed by atoms with E-state index in [-0.39, 0.29) is 18.4 Å². The molecule has 5 nitrogen and oxygen atoms in total. The first kappa shape index (κ1) is 21.3. The van der Waals surface area contributed by atoms with Crippen molar-refractivity contribution in [3.8, 4) is 5.75 Å². The second-order valence-corrected chi connectivity index (χ2v) is 8.59. The summed E-state index contributed by atoms with van der Waals surface area (Å²) in [5.74, 6) is 0.194. The highest BCUT2D eigenvalue weighted by Gasteiger charge is 2.30. The maximum absolute atomic E-state index is 12.4. The number of carbonyl (C=O) groups excluding carboxylic acids is 2. The number of hydrogen-bond acceptors (Lipinski definition) is 5. The zero-order valence-electron chi connectivity index (χ0n) is 15.3. The molecule has 0 unspecified atom stereocenters. The highest BCUT2D eigenvalue weighted by Crippen LogP contribution is 2.32. The number of thiocarbonyl (C=S) groups is 1. The summed E-state index contributed by atoms with van der Waals surface area (Å²) in [4.78, 5) is 26.4. The number of hydrogen-bond donors (Lipinski definition) is 1. The summed E-state index contributed by atoms with van der Waals surface area (Å²) >= 11 is 9.85. The second-order valence-electron chi connectivity index (χ2n) is 5.99. The lowest BCUT2D eigenvalue weighted by Gasteiger charge is -2.10. The number of thioether (sulfide) groups is 1. The van der Waals surface area contributed by atoms with E-state index in [2.05, 4.69) is 27.8 Å². The van der Waals surface area contributed by atoms with Crippen molar-refractivity contribution in [2.24, 2.45) is 0 Å². The number of nitrogens with one attached hydrogen (secondary N) is 1. The fourth-order valence-electron chi connectivity index (χ4n) is 2.48. The van der Waals surface area contributed by atoms with Gasteiger partial charge in [-0.1, -0.05) is 58.1 Å². The summed E-state index contributed by atoms with van der Waals surface area (Å²) < 4.78 is 6.99. The molecule has 0 bridgehead atoms. The number of halogens is 1. The molecule has 1 fully saturated rings. The van der Waals surface area contributed by atoms with Crippen LogP contribution in [0.1, 0.15) is 5.56 Å². The van der Waals surface area contributed by atoms with Gasteiger partial charge in [-0.25, -0.2) is 0 Å². The molecule has 3 rings (SSSR count). The first-order valence-electron chi connectivity index (χ1n) is 8.61. The Morgan fingerprint density at radius 1 is 1.21 bits per heavy atom. The summed E-state index contributed by atoms with van der Waals surface area (Å²) in [5.41, 5.74) is 1.54. The molecule has 0 atom stereocenters. The van der Waals surface area contributed by atoms with E-state index >= 15 is 0 Å². The molecule has 1 N–H and O–H groups in total. The largest absolute Gasteiger partial charge is 0.484 e. The van der Waals surface area contributed by atoms with E-state index in [0.29, 0.717) is 27.2 Å². The van der Waals surface area contributed by atoms with E-state index < -0.39 is 0 Å². The van der Waals surface area contributed by atoms with Crippen LogP contribution in [0.4, 0.5) is 5.69 Å². The van der Waals surface area contributed by atoms with Gasteiger partial charge in [0.25, 0.3) is 11.8 Å². The summed E-state index contributed by atoms with van der Waals surface area (Å²) in [7, 11) is 0. The Morgan fingerprint density at radius 3 is 2.55 bits per heavy atom. The van der Waals surface area contributed by atoms with E-state index in [0.717, 1.165) is 10.0 Å². The van der Waals surface area contributed by atoms with Crippen molar-refractivity contribution in [2.75, 3.05) is 18.5 Å². The molecule has 2 aromatic carbocycles. The summed E-state index contributed by atoms with van der Waals surface area (Å²) in [5, 5.41) is 2.76. The Labute approximate surface area is 186 Å². The Balaban J connectivity index is 1.55. The number of nitrogens with zero attached hydrogens (tertiary/aromatic N) is 1. The first-order chi connectivity index (χ1) is 14.0. The second kappa shape index (κ2) is 9.87. The number of rotatable bonds is 7. The molecule has 1 aliphatic rings. The maximum Gasteiger partial charge on any atom is 0.266 e. The van der Waals surface area contributed by atoms with E-state index in [9.17, 15) is 9.59 Å². The minimum atomic E-state index is -0.248. The molecule has 0 radical (unpaired) electrons. The molecular formula is C21H17BrN2O3S2. The lowest BCUT2D eigenvalue weighted by atomic mass is 10.2. The zero-order chi connectivity index (χ0) is 20.8. The monoisotopic (exact) mass is 488 g/mol. The number of amides is 2. The van der Waals surface area contributed by atoms with Crippen LogP contribution in [0, 0.1) is 0 Å². The normalized spacial score (nSPS) is 14.9. The third-order valence-corrected chi connectivity index (χ3v) is 5.77. The van der Waals surface area contributed by atoms with Gasteiger partial charge in [-0.3, -0.25) is 14.5 Å². The van der Waals surface area contributed by atoms with Gasteiger partial charge in [-0.05, 0) is 48.0 Å². The van der Waals surface area contributed by atoms with Gasteiger partial charge in [0.15, 0.2) is 6.61 Å². The van der Waals surface area contributed by atoms with Crippen molar-refractivity contribution < 1.29 is 14.3 Å². The molecule has 1 heterocycles. The topological polar surface area (TPSA) is 58.6 Å². The molecule has 2 amide bonds. The molecule has 0 aliphatic carbocycles. The van der Waals surface area contributed by atoms with Crippen LogP contribution in [0.2, 0.25) is 0 Å². The number of anilines is 1. The highest BCUT2D eigenvalue weighted by atomic mass is 79.9. The highest BCUT2D eigenvalue weighted by molar-refractivity contribution is 9.10. The fraction of sp³-hybridized carbons (Fsp3) is 0.0952. The average molecular weight is 489 g/mol. The van der Waals surface area contributed by atoms with Crippen LogP contribution < -0.4 is 10.1 Å². The average Bonchev–Trinajstić information content (AvgIpc) is 2.97. The maximum atomic E-state index is 12.4. The lowest BCUT2D eigenvalue weighted by molar-refractivity contribution is -0.121. The third kappa shape index (κ3) is 5.79. The van der Waals surface area contributed by atoms with Gasteiger partial charge in [0.2, 0.25) is 0 Å². The minimum Gasteiger partial charge on any atom is -0.484 e. The number of ether oxygens (including phenoxy) is 1. The summed E-state index contributed by atoms with van der Waals surface area (Å²) in [6.07, 6.45) is 3.43. The molecule has 0 spiro atoms. The van der Waals surface area contributed by atoms with Gasteiger partial charge in [-0.2, -0.15) is 0 Å². The van der Waals surface area contributed by atoms with Crippen LogP contribution >= 0.6 is 39.9 Å². The van der Waals surface area contributed by atoms with Crippen LogP contribution in [0.5, 0.6) is 5.75 Å². The van der Waals surface area contributed by atoms with E-state index in [1.165, 1.54) is 16.7 Å². The van der Waals surface area contributed by atoms with E-state index in [1.807, 2.05) is 24.3 Å². The molecule has 29 heavy (non-hydrogen) atoms. The third-order valence-electron chi connectivity index (χ3n) is 3.86.